The van der Waals surface area contributed by atoms with Crippen molar-refractivity contribution < 1.29 is 13.2 Å². The molecule has 0 aliphatic carbocycles. The minimum Gasteiger partial charge on any atom is -0.322 e. The number of amides is 1. The molecule has 0 aromatic heterocycles. The number of carbonyl (C=O) groups excluding carboxylic acids is 1. The van der Waals surface area contributed by atoms with Crippen molar-refractivity contribution in [1.82, 2.24) is 0 Å². The number of nitrogens with one attached hydrogen (secondary N) is 1. The quantitative estimate of drug-likeness (QED) is 0.810. The SMILES string of the molecule is Cc1ccc(Br)c(C(=O)Nc2ccc(S(=O)(=O)Cl)cc2)c1. The van der Waals surface area contributed by atoms with Gasteiger partial charge in [-0.25, -0.2) is 8.42 Å². The molecule has 0 aliphatic heterocycles. The van der Waals surface area contributed by atoms with Crippen LogP contribution in [0.1, 0.15) is 15.9 Å². The molecule has 0 atom stereocenters. The van der Waals surface area contributed by atoms with Gasteiger partial charge in [-0.3, -0.25) is 4.79 Å². The van der Waals surface area contributed by atoms with Gasteiger partial charge in [0.2, 0.25) is 0 Å². The fraction of sp³-hybridized carbons (Fsp3) is 0.0714. The highest BCUT2D eigenvalue weighted by Crippen LogP contribution is 2.21. The summed E-state index contributed by atoms with van der Waals surface area (Å²) >= 11 is 3.32. The normalized spacial score (nSPS) is 11.2. The molecule has 0 heterocycles. The van der Waals surface area contributed by atoms with Crippen LogP contribution in [0.3, 0.4) is 0 Å². The maximum Gasteiger partial charge on any atom is 0.261 e. The number of carbonyl (C=O) groups is 1. The summed E-state index contributed by atoms with van der Waals surface area (Å²) in [6.45, 7) is 1.89. The Morgan fingerprint density at radius 3 is 2.33 bits per heavy atom. The first-order valence-electron chi connectivity index (χ1n) is 5.89. The van der Waals surface area contributed by atoms with Gasteiger partial charge >= 0.3 is 0 Å². The molecule has 0 unspecified atom stereocenters. The Balaban J connectivity index is 2.22. The summed E-state index contributed by atoms with van der Waals surface area (Å²) in [5, 5.41) is 2.70. The molecule has 7 heteroatoms. The monoisotopic (exact) mass is 387 g/mol. The lowest BCUT2D eigenvalue weighted by molar-refractivity contribution is 0.102. The molecule has 0 radical (unpaired) electrons. The van der Waals surface area contributed by atoms with E-state index >= 15 is 0 Å². The first-order chi connectivity index (χ1) is 9.77. The van der Waals surface area contributed by atoms with Gasteiger partial charge in [-0.05, 0) is 59.3 Å². The lowest BCUT2D eigenvalue weighted by Gasteiger charge is -2.08. The van der Waals surface area contributed by atoms with E-state index in [1.807, 2.05) is 13.0 Å². The van der Waals surface area contributed by atoms with Crippen LogP contribution in [0.5, 0.6) is 0 Å². The third-order valence-corrected chi connectivity index (χ3v) is 4.82. The number of halogens is 2. The predicted molar refractivity (Wildman–Crippen MR) is 86.3 cm³/mol. The maximum atomic E-state index is 12.2. The molecule has 1 amide bonds. The second-order valence-corrected chi connectivity index (χ2v) is 7.82. The molecule has 4 nitrogen and oxygen atoms in total. The Kier molecular flexibility index (Phi) is 4.70. The van der Waals surface area contributed by atoms with Crippen LogP contribution in [0.25, 0.3) is 0 Å². The van der Waals surface area contributed by atoms with Gasteiger partial charge < -0.3 is 5.32 Å². The van der Waals surface area contributed by atoms with Crippen LogP contribution < -0.4 is 5.32 Å². The summed E-state index contributed by atoms with van der Waals surface area (Å²) in [6, 6.07) is 11.1. The summed E-state index contributed by atoms with van der Waals surface area (Å²) in [5.41, 5.74) is 1.95. The minimum absolute atomic E-state index is 0.0149. The summed E-state index contributed by atoms with van der Waals surface area (Å²) in [5.74, 6) is -0.285. The average molecular weight is 389 g/mol. The van der Waals surface area contributed by atoms with Crippen LogP contribution in [0.2, 0.25) is 0 Å². The van der Waals surface area contributed by atoms with Crippen LogP contribution in [0, 0.1) is 6.92 Å². The molecule has 0 bridgehead atoms. The Morgan fingerprint density at radius 1 is 1.14 bits per heavy atom. The summed E-state index contributed by atoms with van der Waals surface area (Å²) in [4.78, 5) is 12.2. The highest BCUT2D eigenvalue weighted by Gasteiger charge is 2.12. The molecule has 0 saturated heterocycles. The van der Waals surface area contributed by atoms with E-state index in [2.05, 4.69) is 21.2 Å². The van der Waals surface area contributed by atoms with Crippen molar-refractivity contribution in [3.63, 3.8) is 0 Å². The fourth-order valence-electron chi connectivity index (χ4n) is 1.71. The zero-order valence-electron chi connectivity index (χ0n) is 10.9. The highest BCUT2D eigenvalue weighted by molar-refractivity contribution is 9.10. The van der Waals surface area contributed by atoms with Crippen molar-refractivity contribution in [1.29, 1.82) is 0 Å². The van der Waals surface area contributed by atoms with Gasteiger partial charge in [0.25, 0.3) is 15.0 Å². The zero-order valence-corrected chi connectivity index (χ0v) is 14.1. The van der Waals surface area contributed by atoms with E-state index < -0.39 is 9.05 Å². The largest absolute Gasteiger partial charge is 0.322 e. The van der Waals surface area contributed by atoms with Crippen LogP contribution >= 0.6 is 26.6 Å². The smallest absolute Gasteiger partial charge is 0.261 e. The standard InChI is InChI=1S/C14H11BrClNO3S/c1-9-2-7-13(15)12(8-9)14(18)17-10-3-5-11(6-4-10)21(16,19)20/h2-8H,1H3,(H,17,18). The molecule has 2 rings (SSSR count). The van der Waals surface area contributed by atoms with Gasteiger partial charge in [0.15, 0.2) is 0 Å². The van der Waals surface area contributed by atoms with Gasteiger partial charge in [-0.15, -0.1) is 0 Å². The third-order valence-electron chi connectivity index (χ3n) is 2.76. The van der Waals surface area contributed by atoms with Crippen LogP contribution in [0.4, 0.5) is 5.69 Å². The van der Waals surface area contributed by atoms with Gasteiger partial charge in [0, 0.05) is 20.8 Å². The zero-order chi connectivity index (χ0) is 15.6. The Bertz CT molecular complexity index is 788. The van der Waals surface area contributed by atoms with Crippen LogP contribution in [-0.4, -0.2) is 14.3 Å². The van der Waals surface area contributed by atoms with Crippen molar-refractivity contribution in [3.8, 4) is 0 Å². The fourth-order valence-corrected chi connectivity index (χ4v) is 2.91. The van der Waals surface area contributed by atoms with E-state index in [0.717, 1.165) is 5.56 Å². The Labute approximate surface area is 135 Å². The minimum atomic E-state index is -3.76. The second kappa shape index (κ2) is 6.17. The molecule has 0 spiro atoms. The second-order valence-electron chi connectivity index (χ2n) is 4.40. The Hall–Kier alpha value is -1.37. The molecule has 0 aliphatic rings. The number of rotatable bonds is 3. The predicted octanol–water partition coefficient (Wildman–Crippen LogP) is 3.94. The number of aryl methyl sites for hydroxylation is 1. The summed E-state index contributed by atoms with van der Waals surface area (Å²) < 4.78 is 23.0. The van der Waals surface area contributed by atoms with E-state index in [1.165, 1.54) is 24.3 Å². The van der Waals surface area contributed by atoms with E-state index in [9.17, 15) is 13.2 Å². The number of hydrogen-bond donors (Lipinski definition) is 1. The lowest BCUT2D eigenvalue weighted by atomic mass is 10.1. The molecular formula is C14H11BrClNO3S. The van der Waals surface area contributed by atoms with Crippen molar-refractivity contribution in [2.45, 2.75) is 11.8 Å². The number of benzene rings is 2. The van der Waals surface area contributed by atoms with Crippen molar-refractivity contribution in [3.05, 3.63) is 58.1 Å². The van der Waals surface area contributed by atoms with Crippen molar-refractivity contribution in [2.75, 3.05) is 5.32 Å². The molecule has 1 N–H and O–H groups in total. The van der Waals surface area contributed by atoms with Gasteiger partial charge in [-0.1, -0.05) is 11.6 Å². The molecular weight excluding hydrogens is 378 g/mol. The van der Waals surface area contributed by atoms with E-state index in [0.29, 0.717) is 15.7 Å². The summed E-state index contributed by atoms with van der Waals surface area (Å²) in [6.07, 6.45) is 0. The number of anilines is 1. The first kappa shape index (κ1) is 16.0. The molecule has 2 aromatic rings. The molecule has 110 valence electrons. The van der Waals surface area contributed by atoms with Gasteiger partial charge in [0.05, 0.1) is 10.5 Å². The van der Waals surface area contributed by atoms with E-state index in [4.69, 9.17) is 10.7 Å². The maximum absolute atomic E-state index is 12.2. The topological polar surface area (TPSA) is 63.2 Å². The molecule has 0 fully saturated rings. The lowest BCUT2D eigenvalue weighted by Crippen LogP contribution is -2.12. The van der Waals surface area contributed by atoms with E-state index in [1.54, 1.807) is 12.1 Å². The first-order valence-corrected chi connectivity index (χ1v) is 9.00. The highest BCUT2D eigenvalue weighted by atomic mass is 79.9. The molecule has 0 saturated carbocycles. The molecule has 2 aromatic carbocycles. The van der Waals surface area contributed by atoms with Gasteiger partial charge in [0.1, 0.15) is 0 Å². The van der Waals surface area contributed by atoms with Crippen molar-refractivity contribution in [2.24, 2.45) is 0 Å². The van der Waals surface area contributed by atoms with Gasteiger partial charge in [-0.2, -0.15) is 0 Å². The summed E-state index contributed by atoms with van der Waals surface area (Å²) in [7, 11) is 1.47. The average Bonchev–Trinajstić information content (AvgIpc) is 2.41. The number of hydrogen-bond acceptors (Lipinski definition) is 3. The van der Waals surface area contributed by atoms with Crippen molar-refractivity contribution >= 4 is 47.3 Å². The van der Waals surface area contributed by atoms with E-state index in [-0.39, 0.29) is 10.8 Å². The van der Waals surface area contributed by atoms with Crippen LogP contribution in [0.15, 0.2) is 51.8 Å². The van der Waals surface area contributed by atoms with Crippen LogP contribution in [-0.2, 0) is 9.05 Å². The Morgan fingerprint density at radius 2 is 1.76 bits per heavy atom. The molecule has 21 heavy (non-hydrogen) atoms. The third kappa shape index (κ3) is 4.06.